The van der Waals surface area contributed by atoms with E-state index in [2.05, 4.69) is 4.98 Å². The van der Waals surface area contributed by atoms with E-state index in [1.807, 2.05) is 6.07 Å². The number of aromatic nitrogens is 1. The molecule has 0 aliphatic heterocycles. The number of rotatable bonds is 1. The third-order valence-corrected chi connectivity index (χ3v) is 1.99. The first-order chi connectivity index (χ1) is 6.29. The second-order valence-corrected chi connectivity index (χ2v) is 2.82. The molecule has 0 fully saturated rings. The molecule has 68 valence electrons. The standard InChI is InChI=1S/C9H8BNO2.2H2/c12-10(13)9-3-1-2-7-6-11-5-4-8(7)9;;/h1-6,12-13H;2*1H. The second-order valence-electron chi connectivity index (χ2n) is 2.82. The van der Waals surface area contributed by atoms with Gasteiger partial charge in [-0.15, -0.1) is 0 Å². The van der Waals surface area contributed by atoms with E-state index in [9.17, 15) is 0 Å². The maximum atomic E-state index is 9.06. The molecular weight excluding hydrogens is 165 g/mol. The highest BCUT2D eigenvalue weighted by molar-refractivity contribution is 6.61. The number of pyridine rings is 1. The first-order valence-electron chi connectivity index (χ1n) is 3.98. The van der Waals surface area contributed by atoms with Crippen molar-refractivity contribution in [3.63, 3.8) is 0 Å². The second kappa shape index (κ2) is 3.16. The molecule has 0 aliphatic rings. The summed E-state index contributed by atoms with van der Waals surface area (Å²) in [4.78, 5) is 3.95. The van der Waals surface area contributed by atoms with Gasteiger partial charge in [0.05, 0.1) is 0 Å². The molecule has 2 N–H and O–H groups in total. The van der Waals surface area contributed by atoms with Crippen LogP contribution >= 0.6 is 0 Å². The summed E-state index contributed by atoms with van der Waals surface area (Å²) in [5.74, 6) is 0. The molecule has 0 aliphatic carbocycles. The molecule has 0 saturated heterocycles. The number of hydrogen-bond donors (Lipinski definition) is 2. The highest BCUT2D eigenvalue weighted by Crippen LogP contribution is 2.08. The molecule has 0 bridgehead atoms. The summed E-state index contributed by atoms with van der Waals surface area (Å²) >= 11 is 0. The van der Waals surface area contributed by atoms with Crippen molar-refractivity contribution < 1.29 is 12.9 Å². The lowest BCUT2D eigenvalue weighted by atomic mass is 9.77. The Labute approximate surface area is 78.8 Å². The number of hydrogen-bond acceptors (Lipinski definition) is 3. The van der Waals surface area contributed by atoms with Crippen molar-refractivity contribution >= 4 is 23.4 Å². The van der Waals surface area contributed by atoms with Crippen molar-refractivity contribution in [1.29, 1.82) is 0 Å². The van der Waals surface area contributed by atoms with Crippen molar-refractivity contribution in [2.75, 3.05) is 0 Å². The highest BCUT2D eigenvalue weighted by Gasteiger charge is 2.13. The van der Waals surface area contributed by atoms with Crippen molar-refractivity contribution in [2.24, 2.45) is 0 Å². The van der Waals surface area contributed by atoms with Crippen molar-refractivity contribution in [2.45, 2.75) is 0 Å². The average Bonchev–Trinajstić information content (AvgIpc) is 2.17. The molecule has 0 spiro atoms. The van der Waals surface area contributed by atoms with Gasteiger partial charge in [0.2, 0.25) is 0 Å². The lowest BCUT2D eigenvalue weighted by Gasteiger charge is -2.03. The Balaban J connectivity index is 0.000000980. The summed E-state index contributed by atoms with van der Waals surface area (Å²) in [6.45, 7) is 0. The molecule has 0 unspecified atom stereocenters. The van der Waals surface area contributed by atoms with Crippen LogP contribution in [0.25, 0.3) is 10.8 Å². The summed E-state index contributed by atoms with van der Waals surface area (Å²) in [5.41, 5.74) is 0.514. The molecule has 0 radical (unpaired) electrons. The van der Waals surface area contributed by atoms with E-state index >= 15 is 0 Å². The first-order valence-corrected chi connectivity index (χ1v) is 3.98. The van der Waals surface area contributed by atoms with Crippen LogP contribution in [0.4, 0.5) is 0 Å². The predicted octanol–water partition coefficient (Wildman–Crippen LogP) is 0.407. The van der Waals surface area contributed by atoms with Gasteiger partial charge in [-0.1, -0.05) is 18.2 Å². The van der Waals surface area contributed by atoms with Gasteiger partial charge in [0, 0.05) is 15.2 Å². The highest BCUT2D eigenvalue weighted by atomic mass is 16.4. The van der Waals surface area contributed by atoms with Crippen molar-refractivity contribution in [3.05, 3.63) is 36.7 Å². The van der Waals surface area contributed by atoms with Crippen LogP contribution in [-0.4, -0.2) is 22.2 Å². The first kappa shape index (κ1) is 8.22. The largest absolute Gasteiger partial charge is 0.489 e. The Bertz CT molecular complexity index is 434. The Hall–Kier alpha value is -1.39. The Kier molecular flexibility index (Phi) is 2.00. The van der Waals surface area contributed by atoms with Crippen LogP contribution < -0.4 is 5.46 Å². The Morgan fingerprint density at radius 1 is 1.23 bits per heavy atom. The Morgan fingerprint density at radius 3 is 2.85 bits per heavy atom. The van der Waals surface area contributed by atoms with E-state index in [0.717, 1.165) is 10.8 Å². The fraction of sp³-hybridized carbons (Fsp3) is 0. The molecule has 3 nitrogen and oxygen atoms in total. The summed E-state index contributed by atoms with van der Waals surface area (Å²) < 4.78 is 0. The molecule has 4 heteroatoms. The van der Waals surface area contributed by atoms with Gasteiger partial charge in [-0.3, -0.25) is 4.98 Å². The van der Waals surface area contributed by atoms with Gasteiger partial charge in [-0.2, -0.15) is 0 Å². The summed E-state index contributed by atoms with van der Waals surface area (Å²) in [5, 5.41) is 19.9. The fourth-order valence-electron chi connectivity index (χ4n) is 1.37. The molecule has 0 atom stereocenters. The third-order valence-electron chi connectivity index (χ3n) is 1.99. The molecule has 1 heterocycles. The molecule has 13 heavy (non-hydrogen) atoms. The van der Waals surface area contributed by atoms with Gasteiger partial charge in [0.1, 0.15) is 0 Å². The zero-order chi connectivity index (χ0) is 9.26. The number of fused-ring (bicyclic) bond motifs is 1. The van der Waals surface area contributed by atoms with Gasteiger partial charge in [0.25, 0.3) is 0 Å². The fourth-order valence-corrected chi connectivity index (χ4v) is 1.37. The van der Waals surface area contributed by atoms with Gasteiger partial charge in [-0.05, 0) is 22.3 Å². The van der Waals surface area contributed by atoms with Crippen molar-refractivity contribution in [3.8, 4) is 0 Å². The van der Waals surface area contributed by atoms with Crippen LogP contribution in [-0.2, 0) is 0 Å². The molecule has 1 aromatic heterocycles. The van der Waals surface area contributed by atoms with E-state index in [4.69, 9.17) is 10.0 Å². The van der Waals surface area contributed by atoms with Gasteiger partial charge in [-0.25, -0.2) is 0 Å². The normalized spacial score (nSPS) is 10.3. The quantitative estimate of drug-likeness (QED) is 0.620. The minimum atomic E-state index is -1.42. The van der Waals surface area contributed by atoms with Gasteiger partial charge in [0.15, 0.2) is 0 Å². The zero-order valence-corrected chi connectivity index (χ0v) is 6.88. The van der Waals surface area contributed by atoms with Crippen LogP contribution in [0, 0.1) is 0 Å². The summed E-state index contributed by atoms with van der Waals surface area (Å²) in [6, 6.07) is 7.12. The minimum absolute atomic E-state index is 0. The molecular formula is C9H12BNO2. The maximum absolute atomic E-state index is 9.06. The van der Waals surface area contributed by atoms with E-state index < -0.39 is 7.12 Å². The van der Waals surface area contributed by atoms with E-state index in [1.54, 1.807) is 30.6 Å². The number of nitrogens with zero attached hydrogens (tertiary/aromatic N) is 1. The molecule has 0 saturated carbocycles. The predicted molar refractivity (Wildman–Crippen MR) is 55.8 cm³/mol. The molecule has 2 rings (SSSR count). The van der Waals surface area contributed by atoms with E-state index in [0.29, 0.717) is 5.46 Å². The molecule has 0 amide bonds. The monoisotopic (exact) mass is 177 g/mol. The smallest absolute Gasteiger partial charge is 0.423 e. The topological polar surface area (TPSA) is 53.4 Å². The van der Waals surface area contributed by atoms with Crippen LogP contribution in [0.15, 0.2) is 36.7 Å². The summed E-state index contributed by atoms with van der Waals surface area (Å²) in [7, 11) is -1.42. The summed E-state index contributed by atoms with van der Waals surface area (Å²) in [6.07, 6.45) is 3.33. The van der Waals surface area contributed by atoms with Gasteiger partial charge < -0.3 is 10.0 Å². The van der Waals surface area contributed by atoms with Crippen LogP contribution in [0.1, 0.15) is 2.85 Å². The average molecular weight is 177 g/mol. The molecule has 2 aromatic rings. The lowest BCUT2D eigenvalue weighted by molar-refractivity contribution is 0.426. The minimum Gasteiger partial charge on any atom is -0.423 e. The van der Waals surface area contributed by atoms with Crippen molar-refractivity contribution in [1.82, 2.24) is 4.98 Å². The van der Waals surface area contributed by atoms with Crippen LogP contribution in [0.2, 0.25) is 0 Å². The third kappa shape index (κ3) is 1.41. The SMILES string of the molecule is OB(O)c1cccc2cnccc12.[HH].[HH]. The van der Waals surface area contributed by atoms with Crippen LogP contribution in [0.3, 0.4) is 0 Å². The maximum Gasteiger partial charge on any atom is 0.489 e. The van der Waals surface area contributed by atoms with E-state index in [1.165, 1.54) is 0 Å². The number of benzene rings is 1. The zero-order valence-electron chi connectivity index (χ0n) is 6.88. The molecule has 1 aromatic carbocycles. The Morgan fingerprint density at radius 2 is 2.08 bits per heavy atom. The van der Waals surface area contributed by atoms with Gasteiger partial charge >= 0.3 is 7.12 Å². The van der Waals surface area contributed by atoms with E-state index in [-0.39, 0.29) is 2.85 Å². The van der Waals surface area contributed by atoms with Crippen LogP contribution in [0.5, 0.6) is 0 Å². The lowest BCUT2D eigenvalue weighted by Crippen LogP contribution is -2.30.